The van der Waals surface area contributed by atoms with Crippen molar-refractivity contribution < 1.29 is 9.47 Å². The summed E-state index contributed by atoms with van der Waals surface area (Å²) < 4.78 is 11.7. The van der Waals surface area contributed by atoms with Gasteiger partial charge in [-0.05, 0) is 48.3 Å². The molecule has 2 N–H and O–H groups in total. The predicted octanol–water partition coefficient (Wildman–Crippen LogP) is 3.60. The standard InChI is InChI=1S/2C11H21NO/c2*1-10(2,3)9-4-5-13-11(6-9)7-12-8-11/h2*9,12H,4-8H2,1-3H3/t2*9-/m10/s1. The van der Waals surface area contributed by atoms with Crippen molar-refractivity contribution in [2.75, 3.05) is 39.4 Å². The lowest BCUT2D eigenvalue weighted by Crippen LogP contribution is -2.64. The van der Waals surface area contributed by atoms with Crippen LogP contribution in [0.5, 0.6) is 0 Å². The molecule has 0 aromatic heterocycles. The zero-order valence-electron chi connectivity index (χ0n) is 18.0. The molecule has 0 aromatic rings. The summed E-state index contributed by atoms with van der Waals surface area (Å²) in [5.74, 6) is 1.67. The molecule has 4 fully saturated rings. The SMILES string of the molecule is CC(C)(C)[C@@H]1CCOC2(CNC2)C1.CC(C)(C)[C@H]1CCOC2(CNC2)C1. The minimum absolute atomic E-state index is 0.218. The van der Waals surface area contributed by atoms with Crippen LogP contribution in [0.25, 0.3) is 0 Å². The summed E-state index contributed by atoms with van der Waals surface area (Å²) in [6.07, 6.45) is 4.99. The molecular formula is C22H42N2O2. The van der Waals surface area contributed by atoms with E-state index in [2.05, 4.69) is 52.2 Å². The van der Waals surface area contributed by atoms with E-state index in [1.807, 2.05) is 0 Å². The van der Waals surface area contributed by atoms with Gasteiger partial charge in [0.15, 0.2) is 0 Å². The summed E-state index contributed by atoms with van der Waals surface area (Å²) in [5.41, 5.74) is 1.34. The zero-order chi connectivity index (χ0) is 19.1. The van der Waals surface area contributed by atoms with E-state index in [1.54, 1.807) is 0 Å². The third-order valence-electron chi connectivity index (χ3n) is 7.22. The van der Waals surface area contributed by atoms with Gasteiger partial charge in [0, 0.05) is 39.4 Å². The van der Waals surface area contributed by atoms with Gasteiger partial charge in [0.25, 0.3) is 0 Å². The Hall–Kier alpha value is -0.160. The first kappa shape index (κ1) is 20.6. The monoisotopic (exact) mass is 366 g/mol. The fourth-order valence-corrected chi connectivity index (χ4v) is 4.83. The first-order valence-electron chi connectivity index (χ1n) is 10.7. The molecule has 152 valence electrons. The van der Waals surface area contributed by atoms with Crippen LogP contribution in [-0.4, -0.2) is 50.6 Å². The minimum Gasteiger partial charge on any atom is -0.372 e. The molecule has 4 nitrogen and oxygen atoms in total. The first-order chi connectivity index (χ1) is 12.0. The van der Waals surface area contributed by atoms with Gasteiger partial charge in [0.1, 0.15) is 0 Å². The normalized spacial score (nSPS) is 33.0. The maximum Gasteiger partial charge on any atom is 0.0932 e. The molecule has 4 rings (SSSR count). The fraction of sp³-hybridized carbons (Fsp3) is 1.00. The Balaban J connectivity index is 0.000000151. The quantitative estimate of drug-likeness (QED) is 0.687. The molecule has 0 aromatic carbocycles. The second kappa shape index (κ2) is 7.35. The van der Waals surface area contributed by atoms with Crippen molar-refractivity contribution in [3.8, 4) is 0 Å². The zero-order valence-corrected chi connectivity index (χ0v) is 18.0. The topological polar surface area (TPSA) is 42.5 Å². The van der Waals surface area contributed by atoms with Gasteiger partial charge >= 0.3 is 0 Å². The fourth-order valence-electron chi connectivity index (χ4n) is 4.83. The van der Waals surface area contributed by atoms with Crippen LogP contribution in [0.3, 0.4) is 0 Å². The Morgan fingerprint density at radius 2 is 1.00 bits per heavy atom. The van der Waals surface area contributed by atoms with Crippen LogP contribution in [0, 0.1) is 22.7 Å². The third kappa shape index (κ3) is 4.63. The second-order valence-corrected chi connectivity index (χ2v) is 11.4. The highest BCUT2D eigenvalue weighted by atomic mass is 16.5. The number of ether oxygens (including phenoxy) is 2. The van der Waals surface area contributed by atoms with Crippen molar-refractivity contribution in [3.05, 3.63) is 0 Å². The van der Waals surface area contributed by atoms with Crippen LogP contribution in [-0.2, 0) is 9.47 Å². The predicted molar refractivity (Wildman–Crippen MR) is 107 cm³/mol. The van der Waals surface area contributed by atoms with Gasteiger partial charge in [0.2, 0.25) is 0 Å². The summed E-state index contributed by atoms with van der Waals surface area (Å²) in [5, 5.41) is 6.64. The van der Waals surface area contributed by atoms with Crippen molar-refractivity contribution in [1.82, 2.24) is 10.6 Å². The van der Waals surface area contributed by atoms with E-state index in [0.29, 0.717) is 10.8 Å². The van der Waals surface area contributed by atoms with Gasteiger partial charge in [0.05, 0.1) is 11.2 Å². The van der Waals surface area contributed by atoms with Crippen molar-refractivity contribution in [2.24, 2.45) is 22.7 Å². The van der Waals surface area contributed by atoms with E-state index in [0.717, 1.165) is 51.2 Å². The molecule has 2 atom stereocenters. The maximum atomic E-state index is 5.86. The highest BCUT2D eigenvalue weighted by Gasteiger charge is 2.46. The molecule has 4 saturated heterocycles. The van der Waals surface area contributed by atoms with Gasteiger partial charge in [-0.3, -0.25) is 0 Å². The summed E-state index contributed by atoms with van der Waals surface area (Å²) in [6.45, 7) is 20.3. The Morgan fingerprint density at radius 3 is 1.23 bits per heavy atom. The molecule has 4 heterocycles. The van der Waals surface area contributed by atoms with E-state index in [4.69, 9.17) is 9.47 Å². The van der Waals surface area contributed by atoms with E-state index in [-0.39, 0.29) is 11.2 Å². The van der Waals surface area contributed by atoms with E-state index in [1.165, 1.54) is 25.7 Å². The van der Waals surface area contributed by atoms with E-state index >= 15 is 0 Å². The number of nitrogens with one attached hydrogen (secondary N) is 2. The number of hydrogen-bond acceptors (Lipinski definition) is 4. The number of hydrogen-bond donors (Lipinski definition) is 2. The van der Waals surface area contributed by atoms with Gasteiger partial charge in [-0.15, -0.1) is 0 Å². The molecule has 0 amide bonds. The molecule has 0 aliphatic carbocycles. The first-order valence-corrected chi connectivity index (χ1v) is 10.7. The molecule has 4 aliphatic heterocycles. The lowest BCUT2D eigenvalue weighted by molar-refractivity contribution is -0.140. The molecule has 0 radical (unpaired) electrons. The Bertz CT molecular complexity index is 426. The molecule has 4 aliphatic rings. The van der Waals surface area contributed by atoms with Crippen molar-refractivity contribution in [1.29, 1.82) is 0 Å². The minimum atomic E-state index is 0.218. The van der Waals surface area contributed by atoms with Gasteiger partial charge < -0.3 is 20.1 Å². The van der Waals surface area contributed by atoms with Crippen LogP contribution in [0.15, 0.2) is 0 Å². The summed E-state index contributed by atoms with van der Waals surface area (Å²) in [4.78, 5) is 0. The molecule has 2 spiro atoms. The molecular weight excluding hydrogens is 324 g/mol. The second-order valence-electron chi connectivity index (χ2n) is 11.4. The van der Waals surface area contributed by atoms with Crippen molar-refractivity contribution in [2.45, 2.75) is 78.4 Å². The molecule has 0 saturated carbocycles. The van der Waals surface area contributed by atoms with Gasteiger partial charge in [-0.2, -0.15) is 0 Å². The van der Waals surface area contributed by atoms with Crippen LogP contribution < -0.4 is 10.6 Å². The molecule has 0 unspecified atom stereocenters. The summed E-state index contributed by atoms with van der Waals surface area (Å²) in [7, 11) is 0. The molecule has 0 bridgehead atoms. The lowest BCUT2D eigenvalue weighted by Gasteiger charge is -2.50. The van der Waals surface area contributed by atoms with Crippen molar-refractivity contribution in [3.63, 3.8) is 0 Å². The Labute approximate surface area is 161 Å². The highest BCUT2D eigenvalue weighted by molar-refractivity contribution is 5.00. The molecule has 26 heavy (non-hydrogen) atoms. The van der Waals surface area contributed by atoms with Crippen LogP contribution >= 0.6 is 0 Å². The Morgan fingerprint density at radius 1 is 0.654 bits per heavy atom. The van der Waals surface area contributed by atoms with E-state index < -0.39 is 0 Å². The number of rotatable bonds is 0. The van der Waals surface area contributed by atoms with Crippen LogP contribution in [0.1, 0.15) is 67.2 Å². The average Bonchev–Trinajstić information content (AvgIpc) is 2.51. The van der Waals surface area contributed by atoms with Crippen LogP contribution in [0.2, 0.25) is 0 Å². The van der Waals surface area contributed by atoms with E-state index in [9.17, 15) is 0 Å². The average molecular weight is 367 g/mol. The highest BCUT2D eigenvalue weighted by Crippen LogP contribution is 2.42. The third-order valence-corrected chi connectivity index (χ3v) is 7.22. The summed E-state index contributed by atoms with van der Waals surface area (Å²) in [6, 6.07) is 0. The smallest absolute Gasteiger partial charge is 0.0932 e. The molecule has 4 heteroatoms. The Kier molecular flexibility index (Phi) is 5.81. The van der Waals surface area contributed by atoms with Gasteiger partial charge in [-0.25, -0.2) is 0 Å². The lowest BCUT2D eigenvalue weighted by atomic mass is 9.70. The largest absolute Gasteiger partial charge is 0.372 e. The maximum absolute atomic E-state index is 5.86. The van der Waals surface area contributed by atoms with Gasteiger partial charge in [-0.1, -0.05) is 41.5 Å². The van der Waals surface area contributed by atoms with Crippen LogP contribution in [0.4, 0.5) is 0 Å². The van der Waals surface area contributed by atoms with Crippen molar-refractivity contribution >= 4 is 0 Å². The summed E-state index contributed by atoms with van der Waals surface area (Å²) >= 11 is 0.